The third-order valence-corrected chi connectivity index (χ3v) is 4.45. The SMILES string of the molecule is CN(C)CCNC(=O)[C@@H]1CN(Cc2ccncc2)Cc2ccnn2C1. The molecule has 0 aromatic carbocycles. The Balaban J connectivity index is 1.69. The van der Waals surface area contributed by atoms with Crippen LogP contribution in [-0.4, -0.2) is 64.2 Å². The summed E-state index contributed by atoms with van der Waals surface area (Å²) in [4.78, 5) is 21.1. The molecule has 3 heterocycles. The van der Waals surface area contributed by atoms with Crippen LogP contribution in [0.4, 0.5) is 0 Å². The largest absolute Gasteiger partial charge is 0.354 e. The van der Waals surface area contributed by atoms with E-state index in [1.807, 2.05) is 55.6 Å². The molecule has 0 aliphatic carbocycles. The van der Waals surface area contributed by atoms with Gasteiger partial charge in [-0.3, -0.25) is 19.4 Å². The zero-order chi connectivity index (χ0) is 17.6. The number of amides is 1. The van der Waals surface area contributed by atoms with Gasteiger partial charge in [0.15, 0.2) is 0 Å². The van der Waals surface area contributed by atoms with Crippen LogP contribution in [0.3, 0.4) is 0 Å². The Morgan fingerprint density at radius 1 is 1.24 bits per heavy atom. The minimum absolute atomic E-state index is 0.102. The Morgan fingerprint density at radius 3 is 2.80 bits per heavy atom. The van der Waals surface area contributed by atoms with E-state index in [0.717, 1.165) is 31.9 Å². The van der Waals surface area contributed by atoms with Crippen molar-refractivity contribution >= 4 is 5.91 Å². The predicted octanol–water partition coefficient (Wildman–Crippen LogP) is 0.588. The molecule has 2 aromatic rings. The van der Waals surface area contributed by atoms with Crippen LogP contribution in [0, 0.1) is 5.92 Å². The number of carbonyl (C=O) groups is 1. The molecule has 1 aliphatic heterocycles. The molecule has 2 aromatic heterocycles. The molecule has 0 saturated carbocycles. The van der Waals surface area contributed by atoms with Crippen LogP contribution in [0.2, 0.25) is 0 Å². The van der Waals surface area contributed by atoms with Crippen molar-refractivity contribution in [1.29, 1.82) is 0 Å². The summed E-state index contributed by atoms with van der Waals surface area (Å²) in [5.41, 5.74) is 2.35. The average molecular weight is 342 g/mol. The number of aromatic nitrogens is 3. The van der Waals surface area contributed by atoms with E-state index in [1.54, 1.807) is 0 Å². The van der Waals surface area contributed by atoms with E-state index in [2.05, 4.69) is 25.2 Å². The first kappa shape index (κ1) is 17.6. The van der Waals surface area contributed by atoms with Gasteiger partial charge in [-0.2, -0.15) is 5.10 Å². The second-order valence-corrected chi connectivity index (χ2v) is 6.82. The lowest BCUT2D eigenvalue weighted by atomic mass is 10.1. The lowest BCUT2D eigenvalue weighted by Gasteiger charge is -2.23. The summed E-state index contributed by atoms with van der Waals surface area (Å²) in [5.74, 6) is -0.00456. The second-order valence-electron chi connectivity index (χ2n) is 6.82. The highest BCUT2D eigenvalue weighted by Gasteiger charge is 2.27. The first-order valence-corrected chi connectivity index (χ1v) is 8.66. The Morgan fingerprint density at radius 2 is 2.04 bits per heavy atom. The van der Waals surface area contributed by atoms with Gasteiger partial charge >= 0.3 is 0 Å². The third kappa shape index (κ3) is 4.87. The van der Waals surface area contributed by atoms with E-state index in [9.17, 15) is 4.79 Å². The maximum absolute atomic E-state index is 12.7. The Kier molecular flexibility index (Phi) is 5.78. The molecule has 0 fully saturated rings. The van der Waals surface area contributed by atoms with Gasteiger partial charge in [0.2, 0.25) is 5.91 Å². The molecule has 7 nitrogen and oxygen atoms in total. The molecule has 0 spiro atoms. The highest BCUT2D eigenvalue weighted by atomic mass is 16.1. The van der Waals surface area contributed by atoms with Crippen molar-refractivity contribution in [3.05, 3.63) is 48.0 Å². The monoisotopic (exact) mass is 342 g/mol. The number of hydrogen-bond donors (Lipinski definition) is 1. The second kappa shape index (κ2) is 8.22. The maximum Gasteiger partial charge on any atom is 0.226 e. The molecular weight excluding hydrogens is 316 g/mol. The molecule has 3 rings (SSSR count). The molecule has 1 aliphatic rings. The number of fused-ring (bicyclic) bond motifs is 1. The molecule has 1 N–H and O–H groups in total. The lowest BCUT2D eigenvalue weighted by molar-refractivity contribution is -0.126. The van der Waals surface area contributed by atoms with Crippen molar-refractivity contribution in [3.8, 4) is 0 Å². The zero-order valence-corrected chi connectivity index (χ0v) is 14.9. The Labute approximate surface area is 148 Å². The molecule has 134 valence electrons. The van der Waals surface area contributed by atoms with Crippen molar-refractivity contribution in [2.45, 2.75) is 19.6 Å². The van der Waals surface area contributed by atoms with Gasteiger partial charge in [-0.15, -0.1) is 0 Å². The van der Waals surface area contributed by atoms with Crippen LogP contribution in [0.1, 0.15) is 11.3 Å². The average Bonchev–Trinajstić information content (AvgIpc) is 2.94. The summed E-state index contributed by atoms with van der Waals surface area (Å²) in [6, 6.07) is 6.08. The van der Waals surface area contributed by atoms with E-state index >= 15 is 0 Å². The Bertz CT molecular complexity index is 684. The van der Waals surface area contributed by atoms with E-state index in [4.69, 9.17) is 0 Å². The van der Waals surface area contributed by atoms with Crippen molar-refractivity contribution in [2.24, 2.45) is 5.92 Å². The number of rotatable bonds is 6. The standard InChI is InChI=1S/C18H26N6O/c1-22(2)10-9-20-18(25)16-12-23(11-15-3-6-19-7-4-15)14-17-5-8-21-24(17)13-16/h3-8,16H,9-14H2,1-2H3,(H,20,25)/t16-/m1/s1. The number of carbonyl (C=O) groups excluding carboxylic acids is 1. The van der Waals surface area contributed by atoms with Gasteiger partial charge < -0.3 is 10.2 Å². The minimum Gasteiger partial charge on any atom is -0.354 e. The molecule has 25 heavy (non-hydrogen) atoms. The highest BCUT2D eigenvalue weighted by molar-refractivity contribution is 5.78. The number of nitrogens with one attached hydrogen (secondary N) is 1. The molecular formula is C18H26N6O. The number of pyridine rings is 1. The normalized spacial score (nSPS) is 18.0. The topological polar surface area (TPSA) is 66.3 Å². The van der Waals surface area contributed by atoms with Gasteiger partial charge in [0.1, 0.15) is 0 Å². The van der Waals surface area contributed by atoms with Crippen LogP contribution >= 0.6 is 0 Å². The van der Waals surface area contributed by atoms with Crippen LogP contribution in [0.25, 0.3) is 0 Å². The fraction of sp³-hybridized carbons (Fsp3) is 0.500. The van der Waals surface area contributed by atoms with Crippen LogP contribution in [-0.2, 0) is 24.4 Å². The smallest absolute Gasteiger partial charge is 0.226 e. The van der Waals surface area contributed by atoms with Crippen LogP contribution in [0.15, 0.2) is 36.8 Å². The number of likely N-dealkylation sites (N-methyl/N-ethyl adjacent to an activating group) is 1. The van der Waals surface area contributed by atoms with Gasteiger partial charge in [-0.1, -0.05) is 0 Å². The van der Waals surface area contributed by atoms with Gasteiger partial charge in [-0.05, 0) is 37.9 Å². The lowest BCUT2D eigenvalue weighted by Crippen LogP contribution is -2.41. The van der Waals surface area contributed by atoms with E-state index in [0.29, 0.717) is 13.1 Å². The van der Waals surface area contributed by atoms with Crippen molar-refractivity contribution in [3.63, 3.8) is 0 Å². The fourth-order valence-corrected chi connectivity index (χ4v) is 3.11. The molecule has 0 bridgehead atoms. The quantitative estimate of drug-likeness (QED) is 0.832. The van der Waals surface area contributed by atoms with Crippen molar-refractivity contribution in [2.75, 3.05) is 33.7 Å². The third-order valence-electron chi connectivity index (χ3n) is 4.45. The number of nitrogens with zero attached hydrogens (tertiary/aromatic N) is 5. The number of hydrogen-bond acceptors (Lipinski definition) is 5. The van der Waals surface area contributed by atoms with E-state index in [1.165, 1.54) is 5.56 Å². The van der Waals surface area contributed by atoms with Crippen LogP contribution < -0.4 is 5.32 Å². The summed E-state index contributed by atoms with van der Waals surface area (Å²) in [5, 5.41) is 7.45. The Hall–Kier alpha value is -2.25. The van der Waals surface area contributed by atoms with Gasteiger partial charge in [-0.25, -0.2) is 0 Å². The van der Waals surface area contributed by atoms with Crippen molar-refractivity contribution < 1.29 is 4.79 Å². The molecule has 7 heteroatoms. The summed E-state index contributed by atoms with van der Waals surface area (Å²) in [6.07, 6.45) is 5.43. The van der Waals surface area contributed by atoms with Gasteiger partial charge in [0.25, 0.3) is 0 Å². The van der Waals surface area contributed by atoms with E-state index in [-0.39, 0.29) is 11.8 Å². The molecule has 0 unspecified atom stereocenters. The molecule has 1 atom stereocenters. The summed E-state index contributed by atoms with van der Waals surface area (Å²) >= 11 is 0. The fourth-order valence-electron chi connectivity index (χ4n) is 3.11. The zero-order valence-electron chi connectivity index (χ0n) is 14.9. The van der Waals surface area contributed by atoms with Gasteiger partial charge in [0, 0.05) is 51.3 Å². The first-order chi connectivity index (χ1) is 12.1. The summed E-state index contributed by atoms with van der Waals surface area (Å²) in [7, 11) is 4.01. The highest BCUT2D eigenvalue weighted by Crippen LogP contribution is 2.18. The predicted molar refractivity (Wildman–Crippen MR) is 95.6 cm³/mol. The van der Waals surface area contributed by atoms with Crippen molar-refractivity contribution in [1.82, 2.24) is 29.9 Å². The van der Waals surface area contributed by atoms with Crippen LogP contribution in [0.5, 0.6) is 0 Å². The molecule has 0 saturated heterocycles. The molecule has 0 radical (unpaired) electrons. The van der Waals surface area contributed by atoms with Gasteiger partial charge in [0.05, 0.1) is 18.2 Å². The first-order valence-electron chi connectivity index (χ1n) is 8.66. The maximum atomic E-state index is 12.7. The summed E-state index contributed by atoms with van der Waals surface area (Å²) < 4.78 is 1.96. The van der Waals surface area contributed by atoms with E-state index < -0.39 is 0 Å². The summed E-state index contributed by atoms with van der Waals surface area (Å²) in [6.45, 7) is 4.45. The molecule has 1 amide bonds. The minimum atomic E-state index is -0.106.